The quantitative estimate of drug-likeness (QED) is 0.780. The number of hydrogen-bond donors (Lipinski definition) is 1. The van der Waals surface area contributed by atoms with Crippen LogP contribution < -0.4 is 0 Å². The standard InChI is InChI=1S/C12H17NO4S/c1-10(15)11-5-3-6-12(9-11)18(16,17)13(2)7-4-8-14/h3,5-6,9,14H,4,7-8H2,1-2H3. The number of benzene rings is 1. The molecule has 0 aliphatic carbocycles. The van der Waals surface area contributed by atoms with Gasteiger partial charge >= 0.3 is 0 Å². The summed E-state index contributed by atoms with van der Waals surface area (Å²) < 4.78 is 25.5. The number of carbonyl (C=O) groups excluding carboxylic acids is 1. The molecule has 0 heterocycles. The average molecular weight is 271 g/mol. The van der Waals surface area contributed by atoms with E-state index in [1.54, 1.807) is 12.1 Å². The first kappa shape index (κ1) is 14.8. The van der Waals surface area contributed by atoms with Crippen molar-refractivity contribution < 1.29 is 18.3 Å². The summed E-state index contributed by atoms with van der Waals surface area (Å²) in [5.74, 6) is -0.176. The van der Waals surface area contributed by atoms with Gasteiger partial charge in [0.1, 0.15) is 0 Å². The molecule has 1 aromatic rings. The molecule has 0 saturated heterocycles. The molecule has 0 aliphatic heterocycles. The van der Waals surface area contributed by atoms with Crippen LogP contribution in [0.25, 0.3) is 0 Å². The molecule has 100 valence electrons. The zero-order valence-corrected chi connectivity index (χ0v) is 11.3. The van der Waals surface area contributed by atoms with Crippen molar-refractivity contribution in [2.24, 2.45) is 0 Å². The van der Waals surface area contributed by atoms with Crippen LogP contribution in [0.4, 0.5) is 0 Å². The van der Waals surface area contributed by atoms with Crippen molar-refractivity contribution in [1.82, 2.24) is 4.31 Å². The van der Waals surface area contributed by atoms with Crippen LogP contribution in [0.1, 0.15) is 23.7 Å². The van der Waals surface area contributed by atoms with Crippen molar-refractivity contribution in [2.45, 2.75) is 18.2 Å². The third kappa shape index (κ3) is 3.38. The van der Waals surface area contributed by atoms with Crippen LogP contribution in [0.15, 0.2) is 29.2 Å². The number of nitrogens with zero attached hydrogens (tertiary/aromatic N) is 1. The van der Waals surface area contributed by atoms with E-state index in [2.05, 4.69) is 0 Å². The fourth-order valence-electron chi connectivity index (χ4n) is 1.47. The van der Waals surface area contributed by atoms with Gasteiger partial charge in [-0.1, -0.05) is 12.1 Å². The second kappa shape index (κ2) is 6.08. The number of sulfonamides is 1. The molecule has 0 amide bonds. The normalized spacial score (nSPS) is 11.8. The molecule has 1 aromatic carbocycles. The largest absolute Gasteiger partial charge is 0.396 e. The number of rotatable bonds is 6. The maximum absolute atomic E-state index is 12.1. The molecule has 0 bridgehead atoms. The molecule has 0 atom stereocenters. The Bertz CT molecular complexity index is 525. The lowest BCUT2D eigenvalue weighted by Gasteiger charge is -2.16. The SMILES string of the molecule is CC(=O)c1cccc(S(=O)(=O)N(C)CCCO)c1. The molecular weight excluding hydrogens is 254 g/mol. The van der Waals surface area contributed by atoms with Crippen LogP contribution in [0.2, 0.25) is 0 Å². The predicted molar refractivity (Wildman–Crippen MR) is 68.0 cm³/mol. The van der Waals surface area contributed by atoms with Gasteiger partial charge in [-0.05, 0) is 25.5 Å². The minimum absolute atomic E-state index is 0.0622. The highest BCUT2D eigenvalue weighted by atomic mass is 32.2. The number of ketones is 1. The fourth-order valence-corrected chi connectivity index (χ4v) is 2.72. The molecule has 5 nitrogen and oxygen atoms in total. The molecule has 0 aromatic heterocycles. The Hall–Kier alpha value is -1.24. The predicted octanol–water partition coefficient (Wildman–Crippen LogP) is 0.892. The van der Waals surface area contributed by atoms with Gasteiger partial charge in [-0.15, -0.1) is 0 Å². The minimum atomic E-state index is -3.60. The van der Waals surface area contributed by atoms with E-state index in [1.165, 1.54) is 30.4 Å². The average Bonchev–Trinajstić information content (AvgIpc) is 2.35. The van der Waals surface area contributed by atoms with Gasteiger partial charge in [-0.25, -0.2) is 12.7 Å². The molecule has 6 heteroatoms. The fraction of sp³-hybridized carbons (Fsp3) is 0.417. The zero-order chi connectivity index (χ0) is 13.8. The number of Topliss-reactive ketones (excluding diaryl/α,β-unsaturated/α-hetero) is 1. The lowest BCUT2D eigenvalue weighted by molar-refractivity contribution is 0.101. The van der Waals surface area contributed by atoms with Crippen LogP contribution in [-0.2, 0) is 10.0 Å². The van der Waals surface area contributed by atoms with Crippen molar-refractivity contribution in [3.63, 3.8) is 0 Å². The van der Waals surface area contributed by atoms with Gasteiger partial charge < -0.3 is 5.11 Å². The topological polar surface area (TPSA) is 74.7 Å². The van der Waals surface area contributed by atoms with E-state index in [-0.39, 0.29) is 23.8 Å². The Kier molecular flexibility index (Phi) is 5.01. The van der Waals surface area contributed by atoms with Crippen LogP contribution >= 0.6 is 0 Å². The first-order chi connectivity index (χ1) is 8.39. The summed E-state index contributed by atoms with van der Waals surface area (Å²) in [5, 5.41) is 8.70. The molecule has 0 radical (unpaired) electrons. The van der Waals surface area contributed by atoms with E-state index in [4.69, 9.17) is 5.11 Å². The maximum atomic E-state index is 12.1. The Morgan fingerprint density at radius 2 is 2.06 bits per heavy atom. The summed E-state index contributed by atoms with van der Waals surface area (Å²) in [6.45, 7) is 1.57. The third-order valence-electron chi connectivity index (χ3n) is 2.58. The summed E-state index contributed by atoms with van der Waals surface area (Å²) in [6.07, 6.45) is 0.377. The Morgan fingerprint density at radius 3 is 2.61 bits per heavy atom. The first-order valence-corrected chi connectivity index (χ1v) is 7.02. The number of aliphatic hydroxyl groups is 1. The van der Waals surface area contributed by atoms with Crippen LogP contribution in [0.3, 0.4) is 0 Å². The smallest absolute Gasteiger partial charge is 0.242 e. The second-order valence-electron chi connectivity index (χ2n) is 3.99. The van der Waals surface area contributed by atoms with Gasteiger partial charge in [-0.3, -0.25) is 4.79 Å². The first-order valence-electron chi connectivity index (χ1n) is 5.58. The number of carbonyl (C=O) groups is 1. The van der Waals surface area contributed by atoms with Gasteiger partial charge in [0.2, 0.25) is 10.0 Å². The van der Waals surface area contributed by atoms with Crippen molar-refractivity contribution in [3.05, 3.63) is 29.8 Å². The van der Waals surface area contributed by atoms with E-state index >= 15 is 0 Å². The van der Waals surface area contributed by atoms with Gasteiger partial charge in [-0.2, -0.15) is 0 Å². The number of aliphatic hydroxyl groups excluding tert-OH is 1. The molecule has 0 aliphatic rings. The Balaban J connectivity index is 3.04. The van der Waals surface area contributed by atoms with Crippen molar-refractivity contribution >= 4 is 15.8 Å². The van der Waals surface area contributed by atoms with E-state index in [0.29, 0.717) is 12.0 Å². The molecule has 1 N–H and O–H groups in total. The van der Waals surface area contributed by atoms with Crippen molar-refractivity contribution in [3.8, 4) is 0 Å². The highest BCUT2D eigenvalue weighted by Gasteiger charge is 2.20. The van der Waals surface area contributed by atoms with Gasteiger partial charge in [0.05, 0.1) is 4.90 Å². The number of hydrogen-bond acceptors (Lipinski definition) is 4. The summed E-state index contributed by atoms with van der Waals surface area (Å²) >= 11 is 0. The molecule has 18 heavy (non-hydrogen) atoms. The summed E-state index contributed by atoms with van der Waals surface area (Å²) in [4.78, 5) is 11.3. The van der Waals surface area contributed by atoms with Crippen LogP contribution in [-0.4, -0.2) is 43.8 Å². The summed E-state index contributed by atoms with van der Waals surface area (Å²) in [5.41, 5.74) is 0.367. The van der Waals surface area contributed by atoms with Crippen molar-refractivity contribution in [1.29, 1.82) is 0 Å². The molecule has 0 unspecified atom stereocenters. The lowest BCUT2D eigenvalue weighted by atomic mass is 10.2. The van der Waals surface area contributed by atoms with Gasteiger partial charge in [0.15, 0.2) is 5.78 Å². The zero-order valence-electron chi connectivity index (χ0n) is 10.5. The summed E-state index contributed by atoms with van der Waals surface area (Å²) in [6, 6.07) is 5.95. The maximum Gasteiger partial charge on any atom is 0.242 e. The van der Waals surface area contributed by atoms with Gasteiger partial charge in [0, 0.05) is 25.8 Å². The molecule has 0 fully saturated rings. The van der Waals surface area contributed by atoms with Crippen LogP contribution in [0, 0.1) is 0 Å². The Morgan fingerprint density at radius 1 is 1.39 bits per heavy atom. The third-order valence-corrected chi connectivity index (χ3v) is 4.43. The van der Waals surface area contributed by atoms with Crippen molar-refractivity contribution in [2.75, 3.05) is 20.2 Å². The highest BCUT2D eigenvalue weighted by Crippen LogP contribution is 2.16. The summed E-state index contributed by atoms with van der Waals surface area (Å²) in [7, 11) is -2.15. The Labute approximate surface area is 107 Å². The van der Waals surface area contributed by atoms with E-state index in [9.17, 15) is 13.2 Å². The van der Waals surface area contributed by atoms with Crippen LogP contribution in [0.5, 0.6) is 0 Å². The molecule has 1 rings (SSSR count). The van der Waals surface area contributed by atoms with Gasteiger partial charge in [0.25, 0.3) is 0 Å². The second-order valence-corrected chi connectivity index (χ2v) is 6.03. The minimum Gasteiger partial charge on any atom is -0.396 e. The molecule has 0 spiro atoms. The molecular formula is C12H17NO4S. The molecule has 0 saturated carbocycles. The van der Waals surface area contributed by atoms with E-state index in [0.717, 1.165) is 0 Å². The lowest BCUT2D eigenvalue weighted by Crippen LogP contribution is -2.28. The van der Waals surface area contributed by atoms with E-state index in [1.807, 2.05) is 0 Å². The van der Waals surface area contributed by atoms with E-state index < -0.39 is 10.0 Å². The monoisotopic (exact) mass is 271 g/mol. The highest BCUT2D eigenvalue weighted by molar-refractivity contribution is 7.89.